The van der Waals surface area contributed by atoms with Gasteiger partial charge in [-0.1, -0.05) is 18.5 Å². The maximum atomic E-state index is 12.2. The summed E-state index contributed by atoms with van der Waals surface area (Å²) in [5.41, 5.74) is 1.09. The molecule has 4 nitrogen and oxygen atoms in total. The third kappa shape index (κ3) is 5.18. The predicted molar refractivity (Wildman–Crippen MR) is 89.6 cm³/mol. The van der Waals surface area contributed by atoms with Gasteiger partial charge in [0, 0.05) is 37.6 Å². The molecule has 1 N–H and O–H groups in total. The van der Waals surface area contributed by atoms with Crippen molar-refractivity contribution in [2.75, 3.05) is 32.8 Å². The number of hydrogen-bond donors (Lipinski definition) is 1. The number of rotatable bonds is 7. The number of piperazine rings is 1. The molecule has 0 aromatic heterocycles. The van der Waals surface area contributed by atoms with Gasteiger partial charge in [0.25, 0.3) is 0 Å². The lowest BCUT2D eigenvalue weighted by molar-refractivity contribution is -0.131. The average molecular weight is 325 g/mol. The molecule has 1 fully saturated rings. The molecule has 0 unspecified atom stereocenters. The van der Waals surface area contributed by atoms with Crippen LogP contribution in [-0.2, 0) is 11.2 Å². The fourth-order valence-corrected chi connectivity index (χ4v) is 2.79. The van der Waals surface area contributed by atoms with Gasteiger partial charge in [0.1, 0.15) is 5.75 Å². The first-order chi connectivity index (χ1) is 10.7. The zero-order chi connectivity index (χ0) is 15.8. The molecule has 0 atom stereocenters. The normalized spacial score (nSPS) is 14.9. The van der Waals surface area contributed by atoms with Crippen molar-refractivity contribution in [1.29, 1.82) is 0 Å². The highest BCUT2D eigenvalue weighted by Crippen LogP contribution is 2.25. The van der Waals surface area contributed by atoms with E-state index < -0.39 is 0 Å². The van der Waals surface area contributed by atoms with Gasteiger partial charge < -0.3 is 15.0 Å². The topological polar surface area (TPSA) is 41.6 Å². The van der Waals surface area contributed by atoms with Crippen LogP contribution < -0.4 is 10.1 Å². The average Bonchev–Trinajstić information content (AvgIpc) is 2.55. The molecule has 1 saturated heterocycles. The Hall–Kier alpha value is -1.26. The fourth-order valence-electron chi connectivity index (χ4n) is 2.60. The minimum atomic E-state index is 0.250. The maximum Gasteiger partial charge on any atom is 0.222 e. The summed E-state index contributed by atoms with van der Waals surface area (Å²) >= 11 is 6.08. The van der Waals surface area contributed by atoms with E-state index >= 15 is 0 Å². The molecule has 1 amide bonds. The highest BCUT2D eigenvalue weighted by Gasteiger charge is 2.15. The number of benzene rings is 1. The molecule has 122 valence electrons. The molecule has 0 aliphatic carbocycles. The zero-order valence-corrected chi connectivity index (χ0v) is 14.0. The third-order valence-corrected chi connectivity index (χ3v) is 4.03. The Labute approximate surface area is 137 Å². The van der Waals surface area contributed by atoms with Crippen LogP contribution in [0.3, 0.4) is 0 Å². The van der Waals surface area contributed by atoms with Crippen molar-refractivity contribution in [1.82, 2.24) is 10.2 Å². The van der Waals surface area contributed by atoms with Crippen LogP contribution in [0.25, 0.3) is 0 Å². The lowest BCUT2D eigenvalue weighted by Crippen LogP contribution is -2.46. The molecular weight excluding hydrogens is 300 g/mol. The summed E-state index contributed by atoms with van der Waals surface area (Å²) in [4.78, 5) is 14.1. The van der Waals surface area contributed by atoms with Crippen molar-refractivity contribution in [3.63, 3.8) is 0 Å². The number of ether oxygens (including phenoxy) is 1. The van der Waals surface area contributed by atoms with Crippen LogP contribution in [-0.4, -0.2) is 43.6 Å². The Morgan fingerprint density at radius 1 is 1.36 bits per heavy atom. The number of amides is 1. The molecule has 22 heavy (non-hydrogen) atoms. The number of halogens is 1. The van der Waals surface area contributed by atoms with Crippen LogP contribution in [0.15, 0.2) is 18.2 Å². The van der Waals surface area contributed by atoms with Gasteiger partial charge >= 0.3 is 0 Å². The van der Waals surface area contributed by atoms with Gasteiger partial charge in [0.15, 0.2) is 0 Å². The minimum Gasteiger partial charge on any atom is -0.493 e. The largest absolute Gasteiger partial charge is 0.493 e. The van der Waals surface area contributed by atoms with Gasteiger partial charge in [-0.25, -0.2) is 0 Å². The Kier molecular flexibility index (Phi) is 7.00. The monoisotopic (exact) mass is 324 g/mol. The van der Waals surface area contributed by atoms with E-state index in [2.05, 4.69) is 12.2 Å². The molecular formula is C17H25ClN2O2. The predicted octanol–water partition coefficient (Wildman–Crippen LogP) is 2.88. The van der Waals surface area contributed by atoms with E-state index in [1.165, 1.54) is 0 Å². The molecule has 1 aliphatic rings. The molecule has 1 aromatic carbocycles. The lowest BCUT2D eigenvalue weighted by atomic mass is 10.1. The molecule has 0 radical (unpaired) electrons. The fraction of sp³-hybridized carbons (Fsp3) is 0.588. The van der Waals surface area contributed by atoms with Gasteiger partial charge in [-0.15, -0.1) is 0 Å². The van der Waals surface area contributed by atoms with Crippen molar-refractivity contribution >= 4 is 17.5 Å². The number of carbonyl (C=O) groups is 1. The summed E-state index contributed by atoms with van der Waals surface area (Å²) in [7, 11) is 0. The first-order valence-corrected chi connectivity index (χ1v) is 8.48. The summed E-state index contributed by atoms with van der Waals surface area (Å²) in [5.74, 6) is 1.14. The summed E-state index contributed by atoms with van der Waals surface area (Å²) in [6, 6.07) is 5.72. The number of nitrogens with zero attached hydrogens (tertiary/aromatic N) is 1. The number of hydrogen-bond acceptors (Lipinski definition) is 3. The van der Waals surface area contributed by atoms with E-state index in [1.807, 2.05) is 23.1 Å². The number of nitrogens with one attached hydrogen (secondary N) is 1. The molecule has 1 aromatic rings. The molecule has 1 heterocycles. The Morgan fingerprint density at radius 2 is 2.14 bits per heavy atom. The van der Waals surface area contributed by atoms with E-state index in [4.69, 9.17) is 16.3 Å². The second kappa shape index (κ2) is 9.01. The first kappa shape index (κ1) is 17.1. The molecule has 5 heteroatoms. The summed E-state index contributed by atoms with van der Waals surface area (Å²) in [5, 5.41) is 3.97. The van der Waals surface area contributed by atoms with Gasteiger partial charge in [-0.05, 0) is 43.0 Å². The van der Waals surface area contributed by atoms with Crippen molar-refractivity contribution < 1.29 is 9.53 Å². The SMILES string of the molecule is CCCOc1ccc(Cl)cc1CCCC(=O)N1CCNCC1. The minimum absolute atomic E-state index is 0.250. The van der Waals surface area contributed by atoms with Gasteiger partial charge in [-0.2, -0.15) is 0 Å². The Balaban J connectivity index is 1.84. The second-order valence-corrected chi connectivity index (χ2v) is 6.02. The van der Waals surface area contributed by atoms with Crippen molar-refractivity contribution in [3.8, 4) is 5.75 Å². The molecule has 0 spiro atoms. The Bertz CT molecular complexity index is 488. The standard InChI is InChI=1S/C17H25ClN2O2/c1-2-12-22-16-7-6-15(18)13-14(16)4-3-5-17(21)20-10-8-19-9-11-20/h6-7,13,19H,2-5,8-12H2,1H3. The van der Waals surface area contributed by atoms with Crippen molar-refractivity contribution in [2.24, 2.45) is 0 Å². The van der Waals surface area contributed by atoms with Crippen LogP contribution in [0.1, 0.15) is 31.7 Å². The van der Waals surface area contributed by atoms with E-state index in [-0.39, 0.29) is 5.91 Å². The highest BCUT2D eigenvalue weighted by atomic mass is 35.5. The summed E-state index contributed by atoms with van der Waals surface area (Å²) in [6.07, 6.45) is 3.20. The number of aryl methyl sites for hydroxylation is 1. The van der Waals surface area contributed by atoms with Crippen molar-refractivity contribution in [2.45, 2.75) is 32.6 Å². The summed E-state index contributed by atoms with van der Waals surface area (Å²) in [6.45, 7) is 6.22. The van der Waals surface area contributed by atoms with Gasteiger partial charge in [0.2, 0.25) is 5.91 Å². The van der Waals surface area contributed by atoms with E-state index in [0.29, 0.717) is 18.1 Å². The van der Waals surface area contributed by atoms with Gasteiger partial charge in [0.05, 0.1) is 6.61 Å². The Morgan fingerprint density at radius 3 is 2.86 bits per heavy atom. The molecule has 1 aliphatic heterocycles. The molecule has 2 rings (SSSR count). The van der Waals surface area contributed by atoms with Crippen LogP contribution in [0.2, 0.25) is 5.02 Å². The van der Waals surface area contributed by atoms with Crippen LogP contribution in [0.5, 0.6) is 5.75 Å². The van der Waals surface area contributed by atoms with Crippen LogP contribution in [0, 0.1) is 0 Å². The highest BCUT2D eigenvalue weighted by molar-refractivity contribution is 6.30. The van der Waals surface area contributed by atoms with E-state index in [1.54, 1.807) is 0 Å². The maximum absolute atomic E-state index is 12.2. The quantitative estimate of drug-likeness (QED) is 0.838. The van der Waals surface area contributed by atoms with E-state index in [9.17, 15) is 4.79 Å². The first-order valence-electron chi connectivity index (χ1n) is 8.10. The van der Waals surface area contributed by atoms with Crippen LogP contribution in [0.4, 0.5) is 0 Å². The second-order valence-electron chi connectivity index (χ2n) is 5.58. The lowest BCUT2D eigenvalue weighted by Gasteiger charge is -2.27. The third-order valence-electron chi connectivity index (χ3n) is 3.79. The molecule has 0 saturated carbocycles. The van der Waals surface area contributed by atoms with E-state index in [0.717, 1.165) is 56.8 Å². The summed E-state index contributed by atoms with van der Waals surface area (Å²) < 4.78 is 5.75. The van der Waals surface area contributed by atoms with Crippen LogP contribution >= 0.6 is 11.6 Å². The zero-order valence-electron chi connectivity index (χ0n) is 13.2. The molecule has 0 bridgehead atoms. The smallest absolute Gasteiger partial charge is 0.222 e. The van der Waals surface area contributed by atoms with Gasteiger partial charge in [-0.3, -0.25) is 4.79 Å². The number of carbonyl (C=O) groups excluding carboxylic acids is 1. The van der Waals surface area contributed by atoms with Crippen molar-refractivity contribution in [3.05, 3.63) is 28.8 Å².